The molecule has 0 saturated heterocycles. The molecule has 0 aliphatic rings. The maximum Gasteiger partial charge on any atom is 0.416 e. The third kappa shape index (κ3) is 4.69. The minimum Gasteiger partial charge on any atom is -0.421 e. The highest BCUT2D eigenvalue weighted by atomic mass is 32.1. The van der Waals surface area contributed by atoms with Gasteiger partial charge in [0.25, 0.3) is 0 Å². The Morgan fingerprint density at radius 2 is 2.08 bits per heavy atom. The number of thiophene rings is 1. The summed E-state index contributed by atoms with van der Waals surface area (Å²) in [7, 11) is 0. The van der Waals surface area contributed by atoms with E-state index in [9.17, 15) is 18.0 Å². The molecule has 1 aromatic carbocycles. The van der Waals surface area contributed by atoms with Gasteiger partial charge in [-0.05, 0) is 29.1 Å². The van der Waals surface area contributed by atoms with Crippen LogP contribution in [0, 0.1) is 0 Å². The number of hydrogen-bond donors (Lipinski definition) is 1. The number of alkyl halides is 3. The first-order chi connectivity index (χ1) is 12.4. The van der Waals surface area contributed by atoms with E-state index in [-0.39, 0.29) is 25.3 Å². The summed E-state index contributed by atoms with van der Waals surface area (Å²) in [6, 6.07) is 6.70. The summed E-state index contributed by atoms with van der Waals surface area (Å²) in [5, 5.41) is 14.1. The Balaban J connectivity index is 1.49. The van der Waals surface area contributed by atoms with Crippen LogP contribution in [0.5, 0.6) is 0 Å². The molecule has 26 heavy (non-hydrogen) atoms. The van der Waals surface area contributed by atoms with Gasteiger partial charge in [0.2, 0.25) is 17.7 Å². The fraction of sp³-hybridized carbons (Fsp3) is 0.235. The molecule has 2 heterocycles. The van der Waals surface area contributed by atoms with Crippen LogP contribution < -0.4 is 5.32 Å². The second-order valence-electron chi connectivity index (χ2n) is 5.49. The molecule has 0 fully saturated rings. The molecule has 1 amide bonds. The normalized spacial score (nSPS) is 11.5. The number of aromatic nitrogens is 2. The molecule has 0 atom stereocenters. The Morgan fingerprint density at radius 1 is 1.23 bits per heavy atom. The number of carbonyl (C=O) groups is 1. The molecule has 3 aromatic rings. The predicted molar refractivity (Wildman–Crippen MR) is 89.2 cm³/mol. The quantitative estimate of drug-likeness (QED) is 0.699. The van der Waals surface area contributed by atoms with E-state index in [4.69, 9.17) is 4.42 Å². The fourth-order valence-corrected chi connectivity index (χ4v) is 2.85. The second-order valence-corrected chi connectivity index (χ2v) is 6.27. The van der Waals surface area contributed by atoms with Crippen LogP contribution in [0.2, 0.25) is 0 Å². The molecular weight excluding hydrogens is 367 g/mol. The Kier molecular flexibility index (Phi) is 5.36. The van der Waals surface area contributed by atoms with Crippen molar-refractivity contribution in [2.24, 2.45) is 0 Å². The van der Waals surface area contributed by atoms with Gasteiger partial charge in [-0.1, -0.05) is 12.1 Å². The van der Waals surface area contributed by atoms with Gasteiger partial charge in [-0.25, -0.2) is 0 Å². The van der Waals surface area contributed by atoms with Crippen molar-refractivity contribution >= 4 is 17.2 Å². The number of carbonyl (C=O) groups excluding carboxylic acids is 1. The summed E-state index contributed by atoms with van der Waals surface area (Å²) in [5.74, 6) is 0.420. The van der Waals surface area contributed by atoms with E-state index in [1.165, 1.54) is 23.5 Å². The molecule has 0 aliphatic heterocycles. The van der Waals surface area contributed by atoms with Gasteiger partial charge in [0.15, 0.2) is 0 Å². The number of halogens is 3. The van der Waals surface area contributed by atoms with Crippen LogP contribution in [0.4, 0.5) is 13.2 Å². The Hall–Kier alpha value is -2.68. The lowest BCUT2D eigenvalue weighted by Crippen LogP contribution is -2.23. The molecule has 136 valence electrons. The van der Waals surface area contributed by atoms with Crippen molar-refractivity contribution in [2.45, 2.75) is 25.6 Å². The van der Waals surface area contributed by atoms with E-state index in [1.807, 2.05) is 16.8 Å². The highest BCUT2D eigenvalue weighted by Crippen LogP contribution is 2.29. The summed E-state index contributed by atoms with van der Waals surface area (Å²) in [6.45, 7) is 0.0206. The Morgan fingerprint density at radius 3 is 2.81 bits per heavy atom. The predicted octanol–water partition coefficient (Wildman–Crippen LogP) is 4.07. The molecule has 0 unspecified atom stereocenters. The topological polar surface area (TPSA) is 68.0 Å². The average molecular weight is 381 g/mol. The van der Waals surface area contributed by atoms with Gasteiger partial charge in [0, 0.05) is 30.3 Å². The van der Waals surface area contributed by atoms with Crippen LogP contribution in [-0.2, 0) is 23.9 Å². The number of rotatable bonds is 6. The van der Waals surface area contributed by atoms with Crippen LogP contribution in [0.1, 0.15) is 23.4 Å². The average Bonchev–Trinajstić information content (AvgIpc) is 3.29. The number of amides is 1. The zero-order valence-electron chi connectivity index (χ0n) is 13.4. The maximum atomic E-state index is 12.7. The van der Waals surface area contributed by atoms with Gasteiger partial charge in [0.05, 0.1) is 5.56 Å². The molecule has 2 aromatic heterocycles. The zero-order valence-corrected chi connectivity index (χ0v) is 14.2. The summed E-state index contributed by atoms with van der Waals surface area (Å²) < 4.78 is 43.5. The van der Waals surface area contributed by atoms with Gasteiger partial charge in [-0.15, -0.1) is 10.2 Å². The number of nitrogens with one attached hydrogen (secondary N) is 1. The van der Waals surface area contributed by atoms with Gasteiger partial charge in [0.1, 0.15) is 0 Å². The minimum atomic E-state index is -4.40. The maximum absolute atomic E-state index is 12.7. The van der Waals surface area contributed by atoms with Gasteiger partial charge in [-0.2, -0.15) is 24.5 Å². The van der Waals surface area contributed by atoms with Crippen LogP contribution >= 0.6 is 11.3 Å². The molecule has 0 saturated carbocycles. The van der Waals surface area contributed by atoms with Crippen LogP contribution in [0.3, 0.4) is 0 Å². The first kappa shape index (κ1) is 18.1. The van der Waals surface area contributed by atoms with Crippen molar-refractivity contribution in [3.05, 3.63) is 58.1 Å². The number of benzene rings is 1. The lowest BCUT2D eigenvalue weighted by Gasteiger charge is -2.09. The molecule has 3 rings (SSSR count). The fourth-order valence-electron chi connectivity index (χ4n) is 2.22. The van der Waals surface area contributed by atoms with Crippen molar-refractivity contribution in [1.29, 1.82) is 0 Å². The highest BCUT2D eigenvalue weighted by Gasteiger charge is 2.30. The lowest BCUT2D eigenvalue weighted by atomic mass is 10.1. The lowest BCUT2D eigenvalue weighted by molar-refractivity contribution is -0.137. The van der Waals surface area contributed by atoms with Crippen LogP contribution in [0.25, 0.3) is 11.5 Å². The van der Waals surface area contributed by atoms with Crippen LogP contribution in [-0.4, -0.2) is 16.1 Å². The first-order valence-corrected chi connectivity index (χ1v) is 8.64. The molecule has 5 nitrogen and oxygen atoms in total. The van der Waals surface area contributed by atoms with Gasteiger partial charge in [-0.3, -0.25) is 4.79 Å². The molecular formula is C17H14F3N3O2S. The van der Waals surface area contributed by atoms with E-state index in [0.717, 1.165) is 17.7 Å². The van der Waals surface area contributed by atoms with Gasteiger partial charge < -0.3 is 9.73 Å². The third-order valence-electron chi connectivity index (χ3n) is 3.54. The molecule has 0 radical (unpaired) electrons. The number of hydrogen-bond acceptors (Lipinski definition) is 5. The SMILES string of the molecule is O=C(CCc1nnc(-c2ccsc2)o1)NCc1cccc(C(F)(F)F)c1. The van der Waals surface area contributed by atoms with E-state index in [1.54, 1.807) is 0 Å². The molecule has 1 N–H and O–H groups in total. The summed E-state index contributed by atoms with van der Waals surface area (Å²) in [4.78, 5) is 11.9. The third-order valence-corrected chi connectivity index (χ3v) is 4.23. The summed E-state index contributed by atoms with van der Waals surface area (Å²) in [5.41, 5.74) is 0.463. The Bertz CT molecular complexity index is 876. The van der Waals surface area contributed by atoms with E-state index in [2.05, 4.69) is 15.5 Å². The van der Waals surface area contributed by atoms with E-state index < -0.39 is 11.7 Å². The van der Waals surface area contributed by atoms with Crippen molar-refractivity contribution in [3.63, 3.8) is 0 Å². The van der Waals surface area contributed by atoms with Crippen molar-refractivity contribution in [1.82, 2.24) is 15.5 Å². The largest absolute Gasteiger partial charge is 0.421 e. The van der Waals surface area contributed by atoms with Crippen LogP contribution in [0.15, 0.2) is 45.5 Å². The minimum absolute atomic E-state index is 0.0206. The smallest absolute Gasteiger partial charge is 0.416 e. The second kappa shape index (κ2) is 7.69. The molecule has 0 spiro atoms. The van der Waals surface area contributed by atoms with Crippen molar-refractivity contribution in [2.75, 3.05) is 0 Å². The Labute approximate surface area is 150 Å². The van der Waals surface area contributed by atoms with E-state index >= 15 is 0 Å². The standard InChI is InChI=1S/C17H14F3N3O2S/c18-17(19,20)13-3-1-2-11(8-13)9-21-14(24)4-5-15-22-23-16(25-15)12-6-7-26-10-12/h1-3,6-8,10H,4-5,9H2,(H,21,24). The highest BCUT2D eigenvalue weighted by molar-refractivity contribution is 7.08. The molecule has 0 aliphatic carbocycles. The molecule has 0 bridgehead atoms. The van der Waals surface area contributed by atoms with Crippen molar-refractivity contribution < 1.29 is 22.4 Å². The monoisotopic (exact) mass is 381 g/mol. The zero-order chi connectivity index (χ0) is 18.6. The van der Waals surface area contributed by atoms with E-state index in [0.29, 0.717) is 17.3 Å². The summed E-state index contributed by atoms with van der Waals surface area (Å²) >= 11 is 1.51. The van der Waals surface area contributed by atoms with Crippen molar-refractivity contribution in [3.8, 4) is 11.5 Å². The number of aryl methyl sites for hydroxylation is 1. The number of nitrogens with zero attached hydrogens (tertiary/aromatic N) is 2. The molecule has 9 heteroatoms. The first-order valence-electron chi connectivity index (χ1n) is 7.69. The summed E-state index contributed by atoms with van der Waals surface area (Å²) in [6.07, 6.45) is -4.05. The van der Waals surface area contributed by atoms with Gasteiger partial charge >= 0.3 is 6.18 Å².